The van der Waals surface area contributed by atoms with E-state index in [9.17, 15) is 18.0 Å². The number of carboxylic acids is 1. The summed E-state index contributed by atoms with van der Waals surface area (Å²) in [7, 11) is 0. The Bertz CT molecular complexity index is 755. The Kier molecular flexibility index (Phi) is 5.95. The van der Waals surface area contributed by atoms with Crippen LogP contribution in [0.4, 0.5) is 13.2 Å². The highest BCUT2D eigenvalue weighted by Crippen LogP contribution is 2.36. The Morgan fingerprint density at radius 3 is 2.32 bits per heavy atom. The van der Waals surface area contributed by atoms with Gasteiger partial charge in [0.1, 0.15) is 11.5 Å². The first-order valence-corrected chi connectivity index (χ1v) is 7.88. The fraction of sp³-hybridized carbons (Fsp3) is 0.278. The van der Waals surface area contributed by atoms with E-state index >= 15 is 0 Å². The Labute approximate surface area is 148 Å². The van der Waals surface area contributed by atoms with Gasteiger partial charge in [-0.2, -0.15) is 13.2 Å². The van der Waals surface area contributed by atoms with Crippen molar-refractivity contribution >= 4 is 17.6 Å². The zero-order valence-electron chi connectivity index (χ0n) is 13.3. The van der Waals surface area contributed by atoms with Gasteiger partial charge in [0.15, 0.2) is 0 Å². The molecule has 1 fully saturated rings. The smallest absolute Gasteiger partial charge is 0.416 e. The van der Waals surface area contributed by atoms with Crippen molar-refractivity contribution in [1.82, 2.24) is 0 Å². The van der Waals surface area contributed by atoms with E-state index in [-0.39, 0.29) is 16.7 Å². The fourth-order valence-corrected chi connectivity index (χ4v) is 2.12. The van der Waals surface area contributed by atoms with Gasteiger partial charge >= 0.3 is 12.1 Å². The van der Waals surface area contributed by atoms with Crippen molar-refractivity contribution in [2.75, 3.05) is 0 Å². The summed E-state index contributed by atoms with van der Waals surface area (Å²) in [5.74, 6) is 0.113. The molecule has 2 aromatic carbocycles. The molecule has 2 aromatic rings. The average Bonchev–Trinajstić information content (AvgIpc) is 3.34. The van der Waals surface area contributed by atoms with E-state index in [1.807, 2.05) is 13.0 Å². The number of carboxylic acid groups (broad SMARTS) is 1. The quantitative estimate of drug-likeness (QED) is 0.725. The molecule has 0 unspecified atom stereocenters. The van der Waals surface area contributed by atoms with E-state index in [1.54, 1.807) is 18.2 Å². The molecule has 0 saturated heterocycles. The third-order valence-electron chi connectivity index (χ3n) is 3.40. The summed E-state index contributed by atoms with van der Waals surface area (Å²) in [6.45, 7) is 1.89. The average molecular weight is 373 g/mol. The summed E-state index contributed by atoms with van der Waals surface area (Å²) in [6, 6.07) is 10.2. The standard InChI is InChI=1S/C14H10ClF3O.C4H6O2/c1-9-3-2-4-11(7-9)19-13-6-5-10(8-12(13)15)14(16,17)18;5-4(6)3-1-2-3/h2-8H,1H3;3H,1-2H2,(H,5,6). The van der Waals surface area contributed by atoms with Crippen LogP contribution < -0.4 is 4.74 Å². The molecule has 0 radical (unpaired) electrons. The lowest BCUT2D eigenvalue weighted by atomic mass is 10.2. The minimum Gasteiger partial charge on any atom is -0.481 e. The van der Waals surface area contributed by atoms with Crippen LogP contribution in [0.5, 0.6) is 11.5 Å². The normalized spacial score (nSPS) is 13.6. The molecule has 1 aliphatic rings. The van der Waals surface area contributed by atoms with Gasteiger partial charge in [0.05, 0.1) is 16.5 Å². The number of aliphatic carboxylic acids is 1. The van der Waals surface area contributed by atoms with E-state index in [2.05, 4.69) is 0 Å². The fourth-order valence-electron chi connectivity index (χ4n) is 1.90. The van der Waals surface area contributed by atoms with Crippen LogP contribution in [0.3, 0.4) is 0 Å². The Balaban J connectivity index is 0.000000316. The van der Waals surface area contributed by atoms with Gasteiger partial charge in [0, 0.05) is 0 Å². The molecule has 3 nitrogen and oxygen atoms in total. The molecular weight excluding hydrogens is 357 g/mol. The van der Waals surface area contributed by atoms with Gasteiger partial charge in [-0.25, -0.2) is 0 Å². The number of hydrogen-bond acceptors (Lipinski definition) is 2. The van der Waals surface area contributed by atoms with Crippen LogP contribution in [0.2, 0.25) is 5.02 Å². The predicted molar refractivity (Wildman–Crippen MR) is 88.1 cm³/mol. The van der Waals surface area contributed by atoms with Crippen LogP contribution in [-0.4, -0.2) is 11.1 Å². The first-order chi connectivity index (χ1) is 11.7. The molecule has 1 aliphatic carbocycles. The van der Waals surface area contributed by atoms with Crippen LogP contribution in [0.25, 0.3) is 0 Å². The molecule has 1 saturated carbocycles. The minimum atomic E-state index is -4.41. The summed E-state index contributed by atoms with van der Waals surface area (Å²) >= 11 is 5.80. The largest absolute Gasteiger partial charge is 0.481 e. The molecule has 25 heavy (non-hydrogen) atoms. The van der Waals surface area contributed by atoms with Gasteiger partial charge in [-0.3, -0.25) is 4.79 Å². The molecule has 134 valence electrons. The highest BCUT2D eigenvalue weighted by atomic mass is 35.5. The SMILES string of the molecule is Cc1cccc(Oc2ccc(C(F)(F)F)cc2Cl)c1.O=C(O)C1CC1. The second-order valence-electron chi connectivity index (χ2n) is 5.67. The highest BCUT2D eigenvalue weighted by molar-refractivity contribution is 6.32. The van der Waals surface area contributed by atoms with Gasteiger partial charge in [0.25, 0.3) is 0 Å². The highest BCUT2D eigenvalue weighted by Gasteiger charge is 2.31. The van der Waals surface area contributed by atoms with Crippen LogP contribution >= 0.6 is 11.6 Å². The van der Waals surface area contributed by atoms with E-state index in [4.69, 9.17) is 21.4 Å². The molecular formula is C18H16ClF3O3. The number of alkyl halides is 3. The van der Waals surface area contributed by atoms with E-state index in [1.165, 1.54) is 6.07 Å². The number of carbonyl (C=O) groups is 1. The van der Waals surface area contributed by atoms with Gasteiger partial charge in [-0.05, 0) is 55.7 Å². The van der Waals surface area contributed by atoms with E-state index < -0.39 is 17.7 Å². The summed E-state index contributed by atoms with van der Waals surface area (Å²) < 4.78 is 42.9. The number of benzene rings is 2. The van der Waals surface area contributed by atoms with Crippen molar-refractivity contribution in [3.63, 3.8) is 0 Å². The summed E-state index contributed by atoms with van der Waals surface area (Å²) in [4.78, 5) is 9.76. The number of rotatable bonds is 3. The van der Waals surface area contributed by atoms with Gasteiger partial charge in [-0.1, -0.05) is 23.7 Å². The maximum atomic E-state index is 12.5. The molecule has 3 rings (SSSR count). The molecule has 1 N–H and O–H groups in total. The third kappa shape index (κ3) is 5.98. The second kappa shape index (κ2) is 7.78. The maximum Gasteiger partial charge on any atom is 0.416 e. The van der Waals surface area contributed by atoms with Crippen molar-refractivity contribution in [2.24, 2.45) is 5.92 Å². The Hall–Kier alpha value is -2.21. The number of ether oxygens (including phenoxy) is 1. The Morgan fingerprint density at radius 1 is 1.20 bits per heavy atom. The third-order valence-corrected chi connectivity index (χ3v) is 3.70. The summed E-state index contributed by atoms with van der Waals surface area (Å²) in [6.07, 6.45) is -2.61. The molecule has 0 heterocycles. The van der Waals surface area contributed by atoms with Crippen LogP contribution in [0, 0.1) is 12.8 Å². The lowest BCUT2D eigenvalue weighted by Crippen LogP contribution is -2.04. The van der Waals surface area contributed by atoms with Crippen LogP contribution in [-0.2, 0) is 11.0 Å². The van der Waals surface area contributed by atoms with Crippen molar-refractivity contribution < 1.29 is 27.8 Å². The van der Waals surface area contributed by atoms with Crippen LogP contribution in [0.1, 0.15) is 24.0 Å². The molecule has 0 aromatic heterocycles. The molecule has 0 spiro atoms. The van der Waals surface area contributed by atoms with E-state index in [0.29, 0.717) is 5.75 Å². The van der Waals surface area contributed by atoms with Gasteiger partial charge < -0.3 is 9.84 Å². The topological polar surface area (TPSA) is 46.5 Å². The predicted octanol–water partition coefficient (Wildman–Crippen LogP) is 5.94. The molecule has 0 atom stereocenters. The second-order valence-corrected chi connectivity index (χ2v) is 6.08. The summed E-state index contributed by atoms with van der Waals surface area (Å²) in [5, 5.41) is 7.98. The molecule has 0 aliphatic heterocycles. The van der Waals surface area contributed by atoms with Crippen molar-refractivity contribution in [3.8, 4) is 11.5 Å². The van der Waals surface area contributed by atoms with Crippen LogP contribution in [0.15, 0.2) is 42.5 Å². The number of halogens is 4. The van der Waals surface area contributed by atoms with E-state index in [0.717, 1.165) is 30.5 Å². The molecule has 0 bridgehead atoms. The summed E-state index contributed by atoms with van der Waals surface area (Å²) in [5.41, 5.74) is 0.189. The lowest BCUT2D eigenvalue weighted by Gasteiger charge is -2.11. The zero-order chi connectivity index (χ0) is 18.6. The molecule has 0 amide bonds. The first kappa shape index (κ1) is 19.1. The van der Waals surface area contributed by atoms with Crippen molar-refractivity contribution in [2.45, 2.75) is 25.9 Å². The first-order valence-electron chi connectivity index (χ1n) is 7.51. The van der Waals surface area contributed by atoms with Gasteiger partial charge in [0.2, 0.25) is 0 Å². The monoisotopic (exact) mass is 372 g/mol. The van der Waals surface area contributed by atoms with Gasteiger partial charge in [-0.15, -0.1) is 0 Å². The number of hydrogen-bond donors (Lipinski definition) is 1. The van der Waals surface area contributed by atoms with Crippen molar-refractivity contribution in [3.05, 3.63) is 58.6 Å². The molecule has 7 heteroatoms. The Morgan fingerprint density at radius 2 is 1.88 bits per heavy atom. The number of aryl methyl sites for hydroxylation is 1. The minimum absolute atomic E-state index is 0.0185. The lowest BCUT2D eigenvalue weighted by molar-refractivity contribution is -0.139. The maximum absolute atomic E-state index is 12.5. The zero-order valence-corrected chi connectivity index (χ0v) is 14.1. The van der Waals surface area contributed by atoms with Crippen molar-refractivity contribution in [1.29, 1.82) is 0 Å².